The Labute approximate surface area is 116 Å². The molecule has 0 saturated carbocycles. The maximum Gasteiger partial charge on any atom is 0.128 e. The van der Waals surface area contributed by atoms with Crippen LogP contribution < -0.4 is 5.32 Å². The van der Waals surface area contributed by atoms with Crippen LogP contribution in [0.5, 0.6) is 0 Å². The van der Waals surface area contributed by atoms with Crippen molar-refractivity contribution in [3.63, 3.8) is 0 Å². The number of nitrogens with one attached hydrogen (secondary N) is 1. The van der Waals surface area contributed by atoms with E-state index in [2.05, 4.69) is 5.32 Å². The lowest BCUT2D eigenvalue weighted by Gasteiger charge is -2.08. The number of benzene rings is 2. The van der Waals surface area contributed by atoms with Crippen LogP contribution in [0.4, 0.5) is 10.1 Å². The average molecular weight is 272 g/mol. The van der Waals surface area contributed by atoms with Crippen molar-refractivity contribution in [2.24, 2.45) is 0 Å². The van der Waals surface area contributed by atoms with E-state index in [1.807, 2.05) is 36.6 Å². The van der Waals surface area contributed by atoms with Gasteiger partial charge in [0.25, 0.3) is 0 Å². The largest absolute Gasteiger partial charge is 0.381 e. The zero-order valence-electron chi connectivity index (χ0n) is 10.5. The van der Waals surface area contributed by atoms with Gasteiger partial charge in [0.15, 0.2) is 0 Å². The van der Waals surface area contributed by atoms with Crippen LogP contribution in [0.2, 0.25) is 0 Å². The summed E-state index contributed by atoms with van der Waals surface area (Å²) in [6.07, 6.45) is 2.01. The van der Waals surface area contributed by atoms with Crippen molar-refractivity contribution in [2.45, 2.75) is 11.4 Å². The lowest BCUT2D eigenvalue weighted by Crippen LogP contribution is -2.02. The zero-order chi connectivity index (χ0) is 13.7. The molecular weight excluding hydrogens is 259 g/mol. The van der Waals surface area contributed by atoms with Crippen LogP contribution in [0.15, 0.2) is 47.4 Å². The molecule has 2 aromatic carbocycles. The Morgan fingerprint density at radius 2 is 2.11 bits per heavy atom. The third-order valence-corrected chi connectivity index (χ3v) is 3.45. The summed E-state index contributed by atoms with van der Waals surface area (Å²) < 4.78 is 13.6. The van der Waals surface area contributed by atoms with E-state index >= 15 is 0 Å². The highest BCUT2D eigenvalue weighted by Crippen LogP contribution is 2.20. The van der Waals surface area contributed by atoms with E-state index in [-0.39, 0.29) is 5.82 Å². The monoisotopic (exact) mass is 272 g/mol. The summed E-state index contributed by atoms with van der Waals surface area (Å²) in [4.78, 5) is 1.15. The van der Waals surface area contributed by atoms with Gasteiger partial charge in [0.05, 0.1) is 11.6 Å². The molecule has 2 rings (SSSR count). The highest BCUT2D eigenvalue weighted by Gasteiger charge is 2.03. The molecule has 2 nitrogen and oxygen atoms in total. The molecule has 0 amide bonds. The van der Waals surface area contributed by atoms with Gasteiger partial charge in [-0.05, 0) is 42.7 Å². The first-order valence-corrected chi connectivity index (χ1v) is 7.02. The molecule has 0 aliphatic carbocycles. The fourth-order valence-electron chi connectivity index (χ4n) is 1.71. The second-order valence-corrected chi connectivity index (χ2v) is 4.88. The van der Waals surface area contributed by atoms with Crippen molar-refractivity contribution < 1.29 is 4.39 Å². The molecule has 2 aromatic rings. The van der Waals surface area contributed by atoms with Crippen LogP contribution in [-0.2, 0) is 6.54 Å². The number of thioether (sulfide) groups is 1. The molecule has 0 bridgehead atoms. The van der Waals surface area contributed by atoms with Crippen molar-refractivity contribution in [3.8, 4) is 6.07 Å². The molecule has 0 fully saturated rings. The molecule has 0 spiro atoms. The molecule has 0 atom stereocenters. The molecule has 4 heteroatoms. The maximum atomic E-state index is 13.6. The first-order chi connectivity index (χ1) is 9.22. The molecule has 0 unspecified atom stereocenters. The summed E-state index contributed by atoms with van der Waals surface area (Å²) in [6, 6.07) is 14.3. The fourth-order valence-corrected chi connectivity index (χ4v) is 2.17. The summed E-state index contributed by atoms with van der Waals surface area (Å²) in [6.45, 7) is 0.360. The lowest BCUT2D eigenvalue weighted by atomic mass is 10.1. The first kappa shape index (κ1) is 13.4. The third-order valence-electron chi connectivity index (χ3n) is 2.73. The minimum atomic E-state index is -0.299. The van der Waals surface area contributed by atoms with Crippen molar-refractivity contribution in [2.75, 3.05) is 11.6 Å². The molecule has 0 saturated heterocycles. The minimum Gasteiger partial charge on any atom is -0.381 e. The second kappa shape index (κ2) is 6.26. The quantitative estimate of drug-likeness (QED) is 0.853. The van der Waals surface area contributed by atoms with E-state index in [1.54, 1.807) is 17.8 Å². The van der Waals surface area contributed by atoms with Crippen molar-refractivity contribution in [3.05, 3.63) is 59.4 Å². The van der Waals surface area contributed by atoms with Crippen LogP contribution in [0, 0.1) is 17.1 Å². The molecule has 0 heterocycles. The molecule has 0 aromatic heterocycles. The predicted octanol–water partition coefficient (Wildman–Crippen LogP) is 4.03. The Morgan fingerprint density at radius 1 is 1.26 bits per heavy atom. The van der Waals surface area contributed by atoms with Gasteiger partial charge in [0, 0.05) is 22.7 Å². The van der Waals surface area contributed by atoms with Gasteiger partial charge in [-0.2, -0.15) is 5.26 Å². The van der Waals surface area contributed by atoms with Gasteiger partial charge < -0.3 is 5.32 Å². The van der Waals surface area contributed by atoms with Crippen LogP contribution in [0.3, 0.4) is 0 Å². The number of hydrogen-bond donors (Lipinski definition) is 1. The highest BCUT2D eigenvalue weighted by molar-refractivity contribution is 7.98. The minimum absolute atomic E-state index is 0.299. The number of anilines is 1. The Balaban J connectivity index is 2.12. The van der Waals surface area contributed by atoms with Crippen molar-refractivity contribution in [1.82, 2.24) is 0 Å². The summed E-state index contributed by atoms with van der Waals surface area (Å²) in [7, 11) is 0. The lowest BCUT2D eigenvalue weighted by molar-refractivity contribution is 0.612. The van der Waals surface area contributed by atoms with E-state index in [1.165, 1.54) is 12.1 Å². The van der Waals surface area contributed by atoms with E-state index in [0.717, 1.165) is 10.6 Å². The summed E-state index contributed by atoms with van der Waals surface area (Å²) in [5.41, 5.74) is 1.90. The van der Waals surface area contributed by atoms with Gasteiger partial charge in [0.2, 0.25) is 0 Å². The smallest absolute Gasteiger partial charge is 0.128 e. The van der Waals surface area contributed by atoms with Gasteiger partial charge >= 0.3 is 0 Å². The number of hydrogen-bond acceptors (Lipinski definition) is 3. The van der Waals surface area contributed by atoms with E-state index in [0.29, 0.717) is 17.7 Å². The van der Waals surface area contributed by atoms with Crippen molar-refractivity contribution >= 4 is 17.4 Å². The Bertz CT molecular complexity index is 620. The molecule has 1 N–H and O–H groups in total. The van der Waals surface area contributed by atoms with Crippen LogP contribution in [0.25, 0.3) is 0 Å². The molecular formula is C15H13FN2S. The third kappa shape index (κ3) is 3.49. The van der Waals surface area contributed by atoms with Crippen LogP contribution in [-0.4, -0.2) is 6.26 Å². The number of rotatable bonds is 4. The summed E-state index contributed by atoms with van der Waals surface area (Å²) >= 11 is 1.66. The van der Waals surface area contributed by atoms with Crippen molar-refractivity contribution in [1.29, 1.82) is 5.26 Å². The highest BCUT2D eigenvalue weighted by atomic mass is 32.2. The Morgan fingerprint density at radius 3 is 2.84 bits per heavy atom. The summed E-state index contributed by atoms with van der Waals surface area (Å²) in [5.74, 6) is -0.299. The Hall–Kier alpha value is -1.99. The number of nitriles is 1. The molecule has 96 valence electrons. The second-order valence-electron chi connectivity index (χ2n) is 4.00. The topological polar surface area (TPSA) is 35.8 Å². The maximum absolute atomic E-state index is 13.6. The Kier molecular flexibility index (Phi) is 4.43. The normalized spacial score (nSPS) is 9.95. The molecule has 0 aliphatic rings. The number of nitrogens with zero attached hydrogens (tertiary/aromatic N) is 1. The average Bonchev–Trinajstić information content (AvgIpc) is 2.46. The van der Waals surface area contributed by atoms with Gasteiger partial charge in [-0.1, -0.05) is 6.07 Å². The van der Waals surface area contributed by atoms with Gasteiger partial charge in [-0.25, -0.2) is 4.39 Å². The van der Waals surface area contributed by atoms with E-state index < -0.39 is 0 Å². The SMILES string of the molecule is CSc1cccc(NCc2cc(C#N)ccc2F)c1. The molecule has 19 heavy (non-hydrogen) atoms. The van der Waals surface area contributed by atoms with E-state index in [9.17, 15) is 4.39 Å². The summed E-state index contributed by atoms with van der Waals surface area (Å²) in [5, 5.41) is 12.0. The van der Waals surface area contributed by atoms with Crippen LogP contribution in [0.1, 0.15) is 11.1 Å². The molecule has 0 radical (unpaired) electrons. The van der Waals surface area contributed by atoms with E-state index in [4.69, 9.17) is 5.26 Å². The fraction of sp³-hybridized carbons (Fsp3) is 0.133. The zero-order valence-corrected chi connectivity index (χ0v) is 11.3. The van der Waals surface area contributed by atoms with Gasteiger partial charge in [-0.3, -0.25) is 0 Å². The first-order valence-electron chi connectivity index (χ1n) is 5.79. The van der Waals surface area contributed by atoms with Gasteiger partial charge in [-0.15, -0.1) is 11.8 Å². The molecule has 0 aliphatic heterocycles. The standard InChI is InChI=1S/C15H13FN2S/c1-19-14-4-2-3-13(8-14)18-10-12-7-11(9-17)5-6-15(12)16/h2-8,18H,10H2,1H3. The predicted molar refractivity (Wildman–Crippen MR) is 76.7 cm³/mol. The number of halogens is 1. The van der Waals surface area contributed by atoms with Crippen LogP contribution >= 0.6 is 11.8 Å². The van der Waals surface area contributed by atoms with Gasteiger partial charge in [0.1, 0.15) is 5.82 Å².